The van der Waals surface area contributed by atoms with Crippen molar-refractivity contribution >= 4 is 17.0 Å². The Morgan fingerprint density at radius 1 is 1.20 bits per heavy atom. The van der Waals surface area contributed by atoms with Gasteiger partial charge in [0.15, 0.2) is 0 Å². The number of nitrogens with one attached hydrogen (secondary N) is 1. The highest BCUT2D eigenvalue weighted by atomic mass is 32.1. The van der Waals surface area contributed by atoms with Gasteiger partial charge in [0.1, 0.15) is 0 Å². The molecule has 0 atom stereocenters. The molecule has 0 fully saturated rings. The molecule has 0 aliphatic carbocycles. The van der Waals surface area contributed by atoms with Crippen LogP contribution in [0, 0.1) is 13.8 Å². The van der Waals surface area contributed by atoms with Gasteiger partial charge in [-0.05, 0) is 53.4 Å². The molecule has 2 aromatic rings. The number of anilines is 1. The molecule has 2 heteroatoms. The predicted molar refractivity (Wildman–Crippen MR) is 67.6 cm³/mol. The third-order valence-electron chi connectivity index (χ3n) is 2.67. The molecule has 0 bridgehead atoms. The van der Waals surface area contributed by atoms with Crippen LogP contribution < -0.4 is 5.32 Å². The van der Waals surface area contributed by atoms with Crippen LogP contribution in [0.1, 0.15) is 16.7 Å². The Kier molecular flexibility index (Phi) is 3.07. The number of benzene rings is 1. The molecule has 0 unspecified atom stereocenters. The van der Waals surface area contributed by atoms with E-state index in [0.29, 0.717) is 0 Å². The van der Waals surface area contributed by atoms with Crippen molar-refractivity contribution < 1.29 is 0 Å². The lowest BCUT2D eigenvalue weighted by atomic mass is 10.1. The SMILES string of the molecule is Cc1cccc(NCc2ccsc2)c1C. The Labute approximate surface area is 94.8 Å². The van der Waals surface area contributed by atoms with Gasteiger partial charge in [-0.3, -0.25) is 0 Å². The van der Waals surface area contributed by atoms with Crippen LogP contribution in [-0.4, -0.2) is 0 Å². The first kappa shape index (κ1) is 10.2. The average molecular weight is 217 g/mol. The summed E-state index contributed by atoms with van der Waals surface area (Å²) < 4.78 is 0. The summed E-state index contributed by atoms with van der Waals surface area (Å²) in [7, 11) is 0. The van der Waals surface area contributed by atoms with Crippen molar-refractivity contribution in [3.63, 3.8) is 0 Å². The molecule has 0 saturated carbocycles. The summed E-state index contributed by atoms with van der Waals surface area (Å²) in [5, 5.41) is 7.75. The summed E-state index contributed by atoms with van der Waals surface area (Å²) in [5.41, 5.74) is 5.26. The fraction of sp³-hybridized carbons (Fsp3) is 0.231. The average Bonchev–Trinajstić information content (AvgIpc) is 2.73. The summed E-state index contributed by atoms with van der Waals surface area (Å²) in [6, 6.07) is 8.53. The molecule has 1 aromatic heterocycles. The van der Waals surface area contributed by atoms with E-state index in [1.807, 2.05) is 0 Å². The molecule has 0 saturated heterocycles. The first-order chi connectivity index (χ1) is 7.27. The van der Waals surface area contributed by atoms with Gasteiger partial charge in [-0.1, -0.05) is 12.1 Å². The van der Waals surface area contributed by atoms with E-state index < -0.39 is 0 Å². The Bertz CT molecular complexity index is 432. The Balaban J connectivity index is 2.08. The minimum atomic E-state index is 0.911. The van der Waals surface area contributed by atoms with Crippen LogP contribution in [0.4, 0.5) is 5.69 Å². The van der Waals surface area contributed by atoms with Crippen molar-refractivity contribution in [3.05, 3.63) is 51.7 Å². The third-order valence-corrected chi connectivity index (χ3v) is 3.40. The topological polar surface area (TPSA) is 12.0 Å². The predicted octanol–water partition coefficient (Wildman–Crippen LogP) is 3.98. The van der Waals surface area contributed by atoms with Gasteiger partial charge in [0.2, 0.25) is 0 Å². The molecular formula is C13H15NS. The van der Waals surface area contributed by atoms with Gasteiger partial charge in [0.25, 0.3) is 0 Å². The number of thiophene rings is 1. The molecule has 0 radical (unpaired) electrons. The summed E-state index contributed by atoms with van der Waals surface area (Å²) in [6.45, 7) is 5.21. The number of hydrogen-bond acceptors (Lipinski definition) is 2. The lowest BCUT2D eigenvalue weighted by molar-refractivity contribution is 1.15. The van der Waals surface area contributed by atoms with Crippen LogP contribution in [0.15, 0.2) is 35.0 Å². The normalized spacial score (nSPS) is 10.3. The second-order valence-corrected chi connectivity index (χ2v) is 4.51. The van der Waals surface area contributed by atoms with Gasteiger partial charge in [-0.2, -0.15) is 11.3 Å². The van der Waals surface area contributed by atoms with Crippen molar-refractivity contribution in [2.24, 2.45) is 0 Å². The van der Waals surface area contributed by atoms with Gasteiger partial charge in [-0.25, -0.2) is 0 Å². The molecule has 0 spiro atoms. The van der Waals surface area contributed by atoms with Crippen molar-refractivity contribution in [1.82, 2.24) is 0 Å². The quantitative estimate of drug-likeness (QED) is 0.820. The molecule has 1 N–H and O–H groups in total. The highest BCUT2D eigenvalue weighted by Gasteiger charge is 1.99. The van der Waals surface area contributed by atoms with E-state index in [9.17, 15) is 0 Å². The van der Waals surface area contributed by atoms with E-state index in [1.54, 1.807) is 11.3 Å². The van der Waals surface area contributed by atoms with Gasteiger partial charge in [0.05, 0.1) is 0 Å². The first-order valence-electron chi connectivity index (χ1n) is 5.08. The Morgan fingerprint density at radius 2 is 2.07 bits per heavy atom. The van der Waals surface area contributed by atoms with E-state index in [2.05, 4.69) is 54.2 Å². The van der Waals surface area contributed by atoms with Crippen LogP contribution in [0.3, 0.4) is 0 Å². The Hall–Kier alpha value is -1.28. The van der Waals surface area contributed by atoms with Crippen molar-refractivity contribution in [2.75, 3.05) is 5.32 Å². The third kappa shape index (κ3) is 2.39. The zero-order valence-corrected chi connectivity index (χ0v) is 9.90. The van der Waals surface area contributed by atoms with Gasteiger partial charge in [0, 0.05) is 12.2 Å². The zero-order chi connectivity index (χ0) is 10.7. The van der Waals surface area contributed by atoms with Crippen LogP contribution in [0.25, 0.3) is 0 Å². The second kappa shape index (κ2) is 4.49. The maximum absolute atomic E-state index is 3.46. The maximum Gasteiger partial charge on any atom is 0.0409 e. The monoisotopic (exact) mass is 217 g/mol. The zero-order valence-electron chi connectivity index (χ0n) is 9.08. The molecule has 15 heavy (non-hydrogen) atoms. The molecule has 1 aromatic carbocycles. The fourth-order valence-corrected chi connectivity index (χ4v) is 2.20. The van der Waals surface area contributed by atoms with E-state index in [0.717, 1.165) is 6.54 Å². The highest BCUT2D eigenvalue weighted by molar-refractivity contribution is 7.07. The Morgan fingerprint density at radius 3 is 2.80 bits per heavy atom. The highest BCUT2D eigenvalue weighted by Crippen LogP contribution is 2.19. The summed E-state index contributed by atoms with van der Waals surface area (Å²) in [5.74, 6) is 0. The van der Waals surface area contributed by atoms with Crippen LogP contribution in [-0.2, 0) is 6.54 Å². The summed E-state index contributed by atoms with van der Waals surface area (Å²) in [6.07, 6.45) is 0. The largest absolute Gasteiger partial charge is 0.381 e. The molecule has 78 valence electrons. The minimum absolute atomic E-state index is 0.911. The molecule has 0 aliphatic rings. The first-order valence-corrected chi connectivity index (χ1v) is 6.03. The van der Waals surface area contributed by atoms with Crippen molar-refractivity contribution in [3.8, 4) is 0 Å². The number of hydrogen-bond donors (Lipinski definition) is 1. The lowest BCUT2D eigenvalue weighted by Gasteiger charge is -2.10. The van der Waals surface area contributed by atoms with Crippen LogP contribution >= 0.6 is 11.3 Å². The van der Waals surface area contributed by atoms with Gasteiger partial charge >= 0.3 is 0 Å². The summed E-state index contributed by atoms with van der Waals surface area (Å²) >= 11 is 1.74. The minimum Gasteiger partial charge on any atom is -0.381 e. The molecule has 2 rings (SSSR count). The standard InChI is InChI=1S/C13H15NS/c1-10-4-3-5-13(11(10)2)14-8-12-6-7-15-9-12/h3-7,9,14H,8H2,1-2H3. The van der Waals surface area contributed by atoms with E-state index in [1.165, 1.54) is 22.4 Å². The smallest absolute Gasteiger partial charge is 0.0409 e. The molecule has 0 aliphatic heterocycles. The fourth-order valence-electron chi connectivity index (χ4n) is 1.53. The van der Waals surface area contributed by atoms with Crippen LogP contribution in [0.2, 0.25) is 0 Å². The number of rotatable bonds is 3. The van der Waals surface area contributed by atoms with Crippen molar-refractivity contribution in [1.29, 1.82) is 0 Å². The maximum atomic E-state index is 3.46. The molecule has 0 amide bonds. The van der Waals surface area contributed by atoms with E-state index in [-0.39, 0.29) is 0 Å². The lowest BCUT2D eigenvalue weighted by Crippen LogP contribution is -2.00. The van der Waals surface area contributed by atoms with Crippen LogP contribution in [0.5, 0.6) is 0 Å². The van der Waals surface area contributed by atoms with E-state index >= 15 is 0 Å². The molecular weight excluding hydrogens is 202 g/mol. The van der Waals surface area contributed by atoms with Crippen molar-refractivity contribution in [2.45, 2.75) is 20.4 Å². The van der Waals surface area contributed by atoms with E-state index in [4.69, 9.17) is 0 Å². The summed E-state index contributed by atoms with van der Waals surface area (Å²) in [4.78, 5) is 0. The second-order valence-electron chi connectivity index (χ2n) is 3.73. The number of aryl methyl sites for hydroxylation is 1. The molecule has 1 heterocycles. The molecule has 1 nitrogen and oxygen atoms in total. The van der Waals surface area contributed by atoms with Gasteiger partial charge < -0.3 is 5.32 Å². The van der Waals surface area contributed by atoms with Gasteiger partial charge in [-0.15, -0.1) is 0 Å².